The molecule has 0 aliphatic rings. The SMILES string of the molecule is NCCNCCNCCNC(N)C(N)(N)N(N)N. The van der Waals surface area contributed by atoms with Gasteiger partial charge in [-0.15, -0.1) is 5.12 Å². The summed E-state index contributed by atoms with van der Waals surface area (Å²) >= 11 is 0. The van der Waals surface area contributed by atoms with Gasteiger partial charge < -0.3 is 22.1 Å². The summed E-state index contributed by atoms with van der Waals surface area (Å²) in [6.07, 6.45) is -0.732. The first kappa shape index (κ1) is 17.6. The summed E-state index contributed by atoms with van der Waals surface area (Å²) in [6, 6.07) is 0. The van der Waals surface area contributed by atoms with Crippen LogP contribution in [-0.4, -0.2) is 56.3 Å². The molecule has 0 radical (unpaired) electrons. The molecule has 0 aliphatic heterocycles. The van der Waals surface area contributed by atoms with Crippen LogP contribution in [0.5, 0.6) is 0 Å². The van der Waals surface area contributed by atoms with Crippen LogP contribution in [-0.2, 0) is 0 Å². The maximum absolute atomic E-state index is 5.72. The standard InChI is InChI=1S/C8H28N10/c9-1-2-15-3-4-16-5-6-17-7(10)8(11,12)18(13)14/h7,15-17H,1-6,9-14H2. The van der Waals surface area contributed by atoms with Crippen molar-refractivity contribution < 1.29 is 0 Å². The molecule has 18 heavy (non-hydrogen) atoms. The van der Waals surface area contributed by atoms with E-state index in [-0.39, 0.29) is 0 Å². The Morgan fingerprint density at radius 3 is 1.94 bits per heavy atom. The molecule has 0 heterocycles. The first-order valence-electron chi connectivity index (χ1n) is 5.90. The number of nitrogens with one attached hydrogen (secondary N) is 3. The summed E-state index contributed by atoms with van der Waals surface area (Å²) in [5, 5.41) is 9.98. The lowest BCUT2D eigenvalue weighted by Crippen LogP contribution is -2.79. The van der Waals surface area contributed by atoms with Gasteiger partial charge in [-0.3, -0.25) is 28.5 Å². The summed E-state index contributed by atoms with van der Waals surface area (Å²) in [5.41, 5.74) is 22.3. The topological polar surface area (TPSA) is 195 Å². The Morgan fingerprint density at radius 1 is 0.944 bits per heavy atom. The minimum Gasteiger partial charge on any atom is -0.329 e. The molecule has 10 nitrogen and oxygen atoms in total. The fourth-order valence-electron chi connectivity index (χ4n) is 1.17. The van der Waals surface area contributed by atoms with Crippen molar-refractivity contribution in [1.82, 2.24) is 21.1 Å². The molecule has 0 bridgehead atoms. The van der Waals surface area contributed by atoms with Gasteiger partial charge in [-0.2, -0.15) is 0 Å². The number of nitrogens with two attached hydrogens (primary N) is 6. The molecule has 0 aromatic carbocycles. The average molecular weight is 264 g/mol. The van der Waals surface area contributed by atoms with Gasteiger partial charge in [0.15, 0.2) is 5.79 Å². The van der Waals surface area contributed by atoms with Gasteiger partial charge in [-0.25, -0.2) is 0 Å². The molecule has 15 N–H and O–H groups in total. The van der Waals surface area contributed by atoms with Gasteiger partial charge in [0.05, 0.1) is 0 Å². The molecule has 1 unspecified atom stereocenters. The van der Waals surface area contributed by atoms with E-state index >= 15 is 0 Å². The van der Waals surface area contributed by atoms with Gasteiger partial charge in [-0.05, 0) is 0 Å². The van der Waals surface area contributed by atoms with E-state index < -0.39 is 12.0 Å². The van der Waals surface area contributed by atoms with Crippen LogP contribution in [0.3, 0.4) is 0 Å². The zero-order valence-corrected chi connectivity index (χ0v) is 10.7. The van der Waals surface area contributed by atoms with E-state index in [4.69, 9.17) is 34.6 Å². The van der Waals surface area contributed by atoms with E-state index in [2.05, 4.69) is 16.0 Å². The van der Waals surface area contributed by atoms with Crippen molar-refractivity contribution in [2.24, 2.45) is 34.6 Å². The van der Waals surface area contributed by atoms with E-state index in [1.807, 2.05) is 0 Å². The molecule has 0 saturated heterocycles. The number of hydrazine groups is 2. The largest absolute Gasteiger partial charge is 0.329 e. The molecule has 0 aliphatic carbocycles. The highest BCUT2D eigenvalue weighted by atomic mass is 15.7. The second-order valence-electron chi connectivity index (χ2n) is 4.02. The minimum absolute atomic E-state index is 0.599. The summed E-state index contributed by atoms with van der Waals surface area (Å²) in [4.78, 5) is 0. The van der Waals surface area contributed by atoms with Crippen molar-refractivity contribution in [3.8, 4) is 0 Å². The molecular weight excluding hydrogens is 236 g/mol. The number of rotatable bonds is 11. The normalized spacial score (nSPS) is 14.2. The minimum atomic E-state index is -1.50. The zero-order chi connectivity index (χ0) is 14.0. The third-order valence-corrected chi connectivity index (χ3v) is 2.41. The Kier molecular flexibility index (Phi) is 9.31. The maximum atomic E-state index is 5.72. The lowest BCUT2D eigenvalue weighted by atomic mass is 10.3. The molecule has 0 amide bonds. The van der Waals surface area contributed by atoms with E-state index in [1.165, 1.54) is 0 Å². The Hall–Kier alpha value is -0.400. The van der Waals surface area contributed by atoms with Crippen LogP contribution in [0.1, 0.15) is 0 Å². The van der Waals surface area contributed by atoms with Crippen molar-refractivity contribution in [3.05, 3.63) is 0 Å². The first-order valence-corrected chi connectivity index (χ1v) is 5.90. The highest BCUT2D eigenvalue weighted by Gasteiger charge is 2.31. The van der Waals surface area contributed by atoms with Crippen LogP contribution in [0.15, 0.2) is 0 Å². The van der Waals surface area contributed by atoms with Gasteiger partial charge in [0.25, 0.3) is 0 Å². The molecule has 110 valence electrons. The average Bonchev–Trinajstić information content (AvgIpc) is 2.32. The fourth-order valence-corrected chi connectivity index (χ4v) is 1.17. The lowest BCUT2D eigenvalue weighted by Gasteiger charge is -2.36. The predicted molar refractivity (Wildman–Crippen MR) is 72.1 cm³/mol. The predicted octanol–water partition coefficient (Wildman–Crippen LogP) is -5.38. The van der Waals surface area contributed by atoms with Gasteiger partial charge in [0, 0.05) is 39.3 Å². The quantitative estimate of drug-likeness (QED) is 0.0751. The van der Waals surface area contributed by atoms with Crippen LogP contribution in [0.4, 0.5) is 0 Å². The van der Waals surface area contributed by atoms with Crippen molar-refractivity contribution in [3.63, 3.8) is 0 Å². The summed E-state index contributed by atoms with van der Waals surface area (Å²) in [6.45, 7) is 4.48. The summed E-state index contributed by atoms with van der Waals surface area (Å²) < 4.78 is 0. The zero-order valence-electron chi connectivity index (χ0n) is 10.7. The van der Waals surface area contributed by atoms with Crippen LogP contribution < -0.4 is 50.6 Å². The van der Waals surface area contributed by atoms with Crippen LogP contribution in [0.2, 0.25) is 0 Å². The number of nitrogens with zero attached hydrogens (tertiary/aromatic N) is 1. The number of hydrogen-bond acceptors (Lipinski definition) is 10. The van der Waals surface area contributed by atoms with Crippen LogP contribution in [0.25, 0.3) is 0 Å². The second-order valence-corrected chi connectivity index (χ2v) is 4.02. The van der Waals surface area contributed by atoms with E-state index in [9.17, 15) is 0 Å². The van der Waals surface area contributed by atoms with Gasteiger partial charge >= 0.3 is 0 Å². The van der Waals surface area contributed by atoms with E-state index in [1.54, 1.807) is 0 Å². The lowest BCUT2D eigenvalue weighted by molar-refractivity contribution is 0.0600. The highest BCUT2D eigenvalue weighted by Crippen LogP contribution is 1.92. The smallest absolute Gasteiger partial charge is 0.176 e. The summed E-state index contributed by atoms with van der Waals surface area (Å²) in [7, 11) is 0. The molecule has 0 aromatic heterocycles. The van der Waals surface area contributed by atoms with Crippen molar-refractivity contribution in [2.45, 2.75) is 12.0 Å². The summed E-state index contributed by atoms with van der Waals surface area (Å²) in [5.74, 6) is 9.06. The fraction of sp³-hybridized carbons (Fsp3) is 1.00. The van der Waals surface area contributed by atoms with Crippen molar-refractivity contribution >= 4 is 0 Å². The van der Waals surface area contributed by atoms with Crippen molar-refractivity contribution in [1.29, 1.82) is 0 Å². The third-order valence-electron chi connectivity index (χ3n) is 2.41. The maximum Gasteiger partial charge on any atom is 0.176 e. The third kappa shape index (κ3) is 7.13. The molecule has 0 aromatic rings. The Labute approximate surface area is 108 Å². The van der Waals surface area contributed by atoms with E-state index in [0.29, 0.717) is 18.2 Å². The Morgan fingerprint density at radius 2 is 1.44 bits per heavy atom. The Balaban J connectivity index is 3.49. The van der Waals surface area contributed by atoms with Crippen LogP contribution in [0, 0.1) is 0 Å². The molecule has 0 rings (SSSR count). The molecule has 10 heteroatoms. The molecule has 0 fully saturated rings. The molecular formula is C8H28N10. The van der Waals surface area contributed by atoms with Gasteiger partial charge in [-0.1, -0.05) is 0 Å². The monoisotopic (exact) mass is 264 g/mol. The molecule has 0 spiro atoms. The molecule has 0 saturated carbocycles. The first-order chi connectivity index (χ1) is 8.42. The second kappa shape index (κ2) is 9.52. The van der Waals surface area contributed by atoms with Gasteiger partial charge in [0.1, 0.15) is 6.17 Å². The van der Waals surface area contributed by atoms with E-state index in [0.717, 1.165) is 26.2 Å². The van der Waals surface area contributed by atoms with Crippen LogP contribution >= 0.6 is 0 Å². The highest BCUT2D eigenvalue weighted by molar-refractivity contribution is 4.82. The molecule has 1 atom stereocenters. The van der Waals surface area contributed by atoms with Gasteiger partial charge in [0.2, 0.25) is 0 Å². The number of hydrogen-bond donors (Lipinski definition) is 9. The Bertz CT molecular complexity index is 196. The van der Waals surface area contributed by atoms with Crippen molar-refractivity contribution in [2.75, 3.05) is 39.3 Å².